The van der Waals surface area contributed by atoms with Crippen molar-refractivity contribution in [3.63, 3.8) is 0 Å². The van der Waals surface area contributed by atoms with Crippen LogP contribution in [0.3, 0.4) is 0 Å². The van der Waals surface area contributed by atoms with E-state index in [0.29, 0.717) is 24.0 Å². The molecule has 1 aromatic rings. The molecule has 2 nitrogen and oxygen atoms in total. The molecule has 0 aromatic heterocycles. The maximum absolute atomic E-state index is 14.7. The molecule has 0 spiro atoms. The van der Waals surface area contributed by atoms with Crippen LogP contribution in [0.2, 0.25) is 0 Å². The molecule has 0 saturated carbocycles. The van der Waals surface area contributed by atoms with Gasteiger partial charge in [0, 0.05) is 0 Å². The Balaban J connectivity index is 3.17. The lowest BCUT2D eigenvalue weighted by atomic mass is 9.91. The van der Waals surface area contributed by atoms with Crippen molar-refractivity contribution >= 4 is 0 Å². The van der Waals surface area contributed by atoms with Crippen LogP contribution in [0.25, 0.3) is 0 Å². The van der Waals surface area contributed by atoms with Crippen LogP contribution < -0.4 is 0 Å². The Kier molecular flexibility index (Phi) is 9.02. The highest BCUT2D eigenvalue weighted by Gasteiger charge is 2.23. The van der Waals surface area contributed by atoms with Gasteiger partial charge >= 0.3 is 0 Å². The average Bonchev–Trinajstić information content (AvgIpc) is 2.59. The third-order valence-electron chi connectivity index (χ3n) is 4.37. The van der Waals surface area contributed by atoms with E-state index in [-0.39, 0.29) is 0 Å². The van der Waals surface area contributed by atoms with Gasteiger partial charge in [0.2, 0.25) is 0 Å². The predicted octanol–water partition coefficient (Wildman–Crippen LogP) is 5.95. The second-order valence-electron chi connectivity index (χ2n) is 6.18. The number of unbranched alkanes of at least 4 members (excludes halogenated alkanes) is 6. The van der Waals surface area contributed by atoms with Crippen molar-refractivity contribution in [1.82, 2.24) is 0 Å². The fraction of sp³-hybridized carbons (Fsp3) is 0.600. The molecule has 0 bridgehead atoms. The van der Waals surface area contributed by atoms with Crippen molar-refractivity contribution < 1.29 is 8.78 Å². The van der Waals surface area contributed by atoms with Crippen LogP contribution in [0.1, 0.15) is 87.5 Å². The minimum atomic E-state index is -0.697. The van der Waals surface area contributed by atoms with Crippen LogP contribution in [0, 0.1) is 34.3 Å². The fourth-order valence-corrected chi connectivity index (χ4v) is 2.97. The van der Waals surface area contributed by atoms with E-state index in [4.69, 9.17) is 10.5 Å². The Morgan fingerprint density at radius 1 is 0.667 bits per heavy atom. The summed E-state index contributed by atoms with van der Waals surface area (Å²) in [7, 11) is 0. The van der Waals surface area contributed by atoms with Gasteiger partial charge in [-0.05, 0) is 36.8 Å². The van der Waals surface area contributed by atoms with Gasteiger partial charge < -0.3 is 0 Å². The molecule has 1 rings (SSSR count). The van der Waals surface area contributed by atoms with E-state index in [1.807, 2.05) is 0 Å². The molecule has 0 amide bonds. The van der Waals surface area contributed by atoms with Crippen molar-refractivity contribution in [2.75, 3.05) is 0 Å². The van der Waals surface area contributed by atoms with E-state index in [0.717, 1.165) is 51.4 Å². The zero-order valence-corrected chi connectivity index (χ0v) is 14.7. The second-order valence-corrected chi connectivity index (χ2v) is 6.18. The van der Waals surface area contributed by atoms with E-state index >= 15 is 0 Å². The van der Waals surface area contributed by atoms with Gasteiger partial charge in [0.25, 0.3) is 0 Å². The highest BCUT2D eigenvalue weighted by molar-refractivity contribution is 5.53. The second kappa shape index (κ2) is 10.8. The molecule has 1 aromatic carbocycles. The highest BCUT2D eigenvalue weighted by Crippen LogP contribution is 2.28. The summed E-state index contributed by atoms with van der Waals surface area (Å²) in [6.45, 7) is 4.18. The van der Waals surface area contributed by atoms with E-state index < -0.39 is 22.8 Å². The topological polar surface area (TPSA) is 47.6 Å². The summed E-state index contributed by atoms with van der Waals surface area (Å²) in [6, 6.07) is 3.33. The molecule has 4 heteroatoms. The summed E-state index contributed by atoms with van der Waals surface area (Å²) < 4.78 is 29.4. The van der Waals surface area contributed by atoms with Gasteiger partial charge in [-0.3, -0.25) is 0 Å². The quantitative estimate of drug-likeness (QED) is 0.497. The van der Waals surface area contributed by atoms with Crippen LogP contribution in [0.5, 0.6) is 0 Å². The number of halogens is 2. The van der Waals surface area contributed by atoms with Crippen molar-refractivity contribution in [2.45, 2.75) is 78.1 Å². The minimum Gasteiger partial charge on any atom is -0.205 e. The lowest BCUT2D eigenvalue weighted by molar-refractivity contribution is 0.546. The number of nitriles is 2. The monoisotopic (exact) mass is 332 g/mol. The third-order valence-corrected chi connectivity index (χ3v) is 4.37. The number of rotatable bonds is 10. The van der Waals surface area contributed by atoms with E-state index in [9.17, 15) is 8.78 Å². The minimum absolute atomic E-state index is 0.302. The van der Waals surface area contributed by atoms with Gasteiger partial charge in [0.05, 0.1) is 0 Å². The largest absolute Gasteiger partial charge is 0.205 e. The molecule has 0 saturated heterocycles. The van der Waals surface area contributed by atoms with Crippen LogP contribution >= 0.6 is 0 Å². The molecule has 130 valence electrons. The molecule has 0 heterocycles. The van der Waals surface area contributed by atoms with Crippen LogP contribution in [-0.4, -0.2) is 0 Å². The Hall–Kier alpha value is -1.94. The van der Waals surface area contributed by atoms with Crippen LogP contribution in [-0.2, 0) is 12.8 Å². The van der Waals surface area contributed by atoms with E-state index in [1.165, 1.54) is 0 Å². The normalized spacial score (nSPS) is 10.4. The molecular weight excluding hydrogens is 306 g/mol. The fourth-order valence-electron chi connectivity index (χ4n) is 2.97. The summed E-state index contributed by atoms with van der Waals surface area (Å²) >= 11 is 0. The van der Waals surface area contributed by atoms with Crippen LogP contribution in [0.15, 0.2) is 0 Å². The lowest BCUT2D eigenvalue weighted by Gasteiger charge is -2.15. The van der Waals surface area contributed by atoms with Crippen molar-refractivity contribution in [3.05, 3.63) is 33.9 Å². The van der Waals surface area contributed by atoms with Gasteiger partial charge in [-0.1, -0.05) is 52.4 Å². The standard InChI is InChI=1S/C20H26F2N2/c1-3-5-7-9-11-15-16(12-10-8-6-4-2)20(22)18(14-24)17(13-23)19(15)21/h3-12H2,1-2H3. The number of benzene rings is 1. The zero-order chi connectivity index (χ0) is 17.9. The van der Waals surface area contributed by atoms with Crippen molar-refractivity contribution in [2.24, 2.45) is 0 Å². The van der Waals surface area contributed by atoms with Crippen LogP contribution in [0.4, 0.5) is 8.78 Å². The predicted molar refractivity (Wildman–Crippen MR) is 91.5 cm³/mol. The van der Waals surface area contributed by atoms with Crippen molar-refractivity contribution in [3.8, 4) is 12.1 Å². The maximum Gasteiger partial charge on any atom is 0.145 e. The van der Waals surface area contributed by atoms with E-state index in [2.05, 4.69) is 13.8 Å². The molecule has 0 radical (unpaired) electrons. The Morgan fingerprint density at radius 3 is 1.33 bits per heavy atom. The average molecular weight is 332 g/mol. The molecule has 0 aliphatic rings. The van der Waals surface area contributed by atoms with Gasteiger partial charge in [0.15, 0.2) is 0 Å². The molecule has 0 fully saturated rings. The Bertz CT molecular complexity index is 569. The molecule has 0 aliphatic heterocycles. The Labute approximate surface area is 144 Å². The summed E-state index contributed by atoms with van der Waals surface area (Å²) in [4.78, 5) is 0. The molecule has 0 unspecified atom stereocenters. The summed E-state index contributed by atoms with van der Waals surface area (Å²) in [6.07, 6.45) is 8.53. The molecule has 0 aliphatic carbocycles. The van der Waals surface area contributed by atoms with Gasteiger partial charge in [-0.25, -0.2) is 8.78 Å². The highest BCUT2D eigenvalue weighted by atomic mass is 19.1. The molecule has 0 N–H and O–H groups in total. The molecule has 24 heavy (non-hydrogen) atoms. The van der Waals surface area contributed by atoms with Gasteiger partial charge in [0.1, 0.15) is 34.9 Å². The summed E-state index contributed by atoms with van der Waals surface area (Å²) in [5.41, 5.74) is -0.290. The number of hydrogen-bond donors (Lipinski definition) is 0. The number of hydrogen-bond acceptors (Lipinski definition) is 2. The summed E-state index contributed by atoms with van der Waals surface area (Å²) in [5, 5.41) is 18.2. The first-order valence-electron chi connectivity index (χ1n) is 8.95. The first kappa shape index (κ1) is 20.1. The van der Waals surface area contributed by atoms with Crippen molar-refractivity contribution in [1.29, 1.82) is 10.5 Å². The Morgan fingerprint density at radius 2 is 1.04 bits per heavy atom. The van der Waals surface area contributed by atoms with E-state index in [1.54, 1.807) is 12.1 Å². The first-order valence-corrected chi connectivity index (χ1v) is 8.95. The maximum atomic E-state index is 14.7. The first-order chi connectivity index (χ1) is 11.6. The lowest BCUT2D eigenvalue weighted by Crippen LogP contribution is -2.09. The SMILES string of the molecule is CCCCCCc1c(F)c(C#N)c(C#N)c(F)c1CCCCCC. The van der Waals surface area contributed by atoms with Gasteiger partial charge in [-0.2, -0.15) is 10.5 Å². The third kappa shape index (κ3) is 5.03. The smallest absolute Gasteiger partial charge is 0.145 e. The zero-order valence-electron chi connectivity index (χ0n) is 14.7. The number of nitrogens with zero attached hydrogens (tertiary/aromatic N) is 2. The van der Waals surface area contributed by atoms with Gasteiger partial charge in [-0.15, -0.1) is 0 Å². The summed E-state index contributed by atoms with van der Waals surface area (Å²) in [5.74, 6) is -1.39. The molecule has 0 atom stereocenters. The molecular formula is C20H26F2N2.